The molecule has 3 unspecified atom stereocenters. The number of hydrogen-bond acceptors (Lipinski definition) is 5. The molecular weight excluding hydrogens is 864 g/mol. The van der Waals surface area contributed by atoms with E-state index in [9.17, 15) is 19.4 Å². The lowest BCUT2D eigenvalue weighted by atomic mass is 10.0. The van der Waals surface area contributed by atoms with Crippen molar-refractivity contribution >= 4 is 13.7 Å². The van der Waals surface area contributed by atoms with Crippen LogP contribution in [0.15, 0.2) is 36.5 Å². The van der Waals surface area contributed by atoms with Crippen LogP contribution in [0.1, 0.15) is 284 Å². The number of phosphoric ester groups is 1. The van der Waals surface area contributed by atoms with Crippen molar-refractivity contribution in [3.8, 4) is 0 Å². The maximum Gasteiger partial charge on any atom is 0.472 e. The van der Waals surface area contributed by atoms with Crippen LogP contribution in [-0.2, 0) is 18.4 Å². The van der Waals surface area contributed by atoms with Gasteiger partial charge in [0.15, 0.2) is 0 Å². The molecular formula is C59H116N2O6P+. The van der Waals surface area contributed by atoms with Crippen LogP contribution in [0.4, 0.5) is 0 Å². The molecule has 0 rings (SSSR count). The fraction of sp³-hybridized carbons (Fsp3) is 0.881. The Kier molecular flexibility index (Phi) is 49.7. The second kappa shape index (κ2) is 50.7. The molecule has 0 saturated heterocycles. The summed E-state index contributed by atoms with van der Waals surface area (Å²) < 4.78 is 23.7. The molecule has 0 bridgehead atoms. The summed E-state index contributed by atoms with van der Waals surface area (Å²) in [6.45, 7) is 4.83. The number of amides is 1. The molecule has 0 heterocycles. The maximum atomic E-state index is 13.0. The SMILES string of the molecule is CCCCCCCCCCCCCCCC/C=C/CC/C=C/CC/C=C/C(O)C(COP(=O)(O)OCC[N+](C)(C)C)NC(=O)CCCCCCCCCCCCCCCCCCCCCCCC. The second-order valence-electron chi connectivity index (χ2n) is 21.4. The zero-order chi connectivity index (χ0) is 49.9. The third kappa shape index (κ3) is 52.5. The first-order chi connectivity index (χ1) is 33.0. The van der Waals surface area contributed by atoms with Crippen LogP contribution in [0.2, 0.25) is 0 Å². The predicted molar refractivity (Wildman–Crippen MR) is 295 cm³/mol. The summed E-state index contributed by atoms with van der Waals surface area (Å²) in [6, 6.07) is -0.868. The Labute approximate surface area is 423 Å². The highest BCUT2D eigenvalue weighted by Gasteiger charge is 2.27. The predicted octanol–water partition coefficient (Wildman–Crippen LogP) is 17.8. The molecule has 0 aliphatic heterocycles. The molecule has 9 heteroatoms. The van der Waals surface area contributed by atoms with Crippen molar-refractivity contribution < 1.29 is 32.9 Å². The van der Waals surface area contributed by atoms with Gasteiger partial charge in [-0.3, -0.25) is 13.8 Å². The number of carbonyl (C=O) groups excluding carboxylic acids is 1. The average molecular weight is 981 g/mol. The first-order valence-corrected chi connectivity index (χ1v) is 30.9. The second-order valence-corrected chi connectivity index (χ2v) is 22.8. The molecule has 3 atom stereocenters. The van der Waals surface area contributed by atoms with Gasteiger partial charge in [-0.05, 0) is 44.9 Å². The summed E-state index contributed by atoms with van der Waals surface area (Å²) in [7, 11) is 1.56. The summed E-state index contributed by atoms with van der Waals surface area (Å²) in [5.41, 5.74) is 0. The molecule has 0 aromatic rings. The van der Waals surface area contributed by atoms with Crippen molar-refractivity contribution in [3.63, 3.8) is 0 Å². The van der Waals surface area contributed by atoms with Gasteiger partial charge in [0.25, 0.3) is 0 Å². The minimum atomic E-state index is -4.36. The van der Waals surface area contributed by atoms with Crippen molar-refractivity contribution in [1.29, 1.82) is 0 Å². The normalized spacial score (nSPS) is 14.2. The van der Waals surface area contributed by atoms with Crippen LogP contribution >= 0.6 is 7.82 Å². The number of nitrogens with zero attached hydrogens (tertiary/aromatic N) is 1. The Morgan fingerprint density at radius 3 is 1.18 bits per heavy atom. The Bertz CT molecular complexity index is 1200. The van der Waals surface area contributed by atoms with E-state index in [1.165, 1.54) is 218 Å². The quantitative estimate of drug-likeness (QED) is 0.0243. The van der Waals surface area contributed by atoms with Gasteiger partial charge in [-0.15, -0.1) is 0 Å². The summed E-state index contributed by atoms with van der Waals surface area (Å²) in [5, 5.41) is 13.9. The summed E-state index contributed by atoms with van der Waals surface area (Å²) in [6.07, 6.45) is 65.4. The topological polar surface area (TPSA) is 105 Å². The number of carbonyl (C=O) groups is 1. The smallest absolute Gasteiger partial charge is 0.387 e. The van der Waals surface area contributed by atoms with Crippen LogP contribution in [0.5, 0.6) is 0 Å². The zero-order valence-corrected chi connectivity index (χ0v) is 46.8. The standard InChI is InChI=1S/C59H115N2O6P/c1-6-8-10-12-14-16-18-20-22-24-26-28-30-31-32-34-36-38-40-42-44-46-48-50-52-58(62)57(56-67-68(64,65)66-55-54-61(3,4)5)60-59(63)53-51-49-47-45-43-41-39-37-35-33-29-27-25-23-21-19-17-15-13-11-9-7-2/h34,36,42,44,50,52,57-58,62H,6-33,35,37-41,43,45-49,51,53-56H2,1-5H3,(H-,60,63,64,65)/p+1/b36-34+,44-42+,52-50+. The number of quaternary nitrogens is 1. The minimum absolute atomic E-state index is 0.0552. The van der Waals surface area contributed by atoms with Gasteiger partial charge in [-0.2, -0.15) is 0 Å². The molecule has 0 aromatic heterocycles. The first-order valence-electron chi connectivity index (χ1n) is 29.4. The Morgan fingerprint density at radius 2 is 0.809 bits per heavy atom. The molecule has 0 aliphatic rings. The van der Waals surface area contributed by atoms with E-state index in [0.717, 1.165) is 44.9 Å². The largest absolute Gasteiger partial charge is 0.472 e. The Morgan fingerprint density at radius 1 is 0.485 bits per heavy atom. The van der Waals surface area contributed by atoms with Crippen molar-refractivity contribution in [1.82, 2.24) is 5.32 Å². The molecule has 3 N–H and O–H groups in total. The zero-order valence-electron chi connectivity index (χ0n) is 45.9. The lowest BCUT2D eigenvalue weighted by molar-refractivity contribution is -0.870. The number of likely N-dealkylation sites (N-methyl/N-ethyl adjacent to an activating group) is 1. The van der Waals surface area contributed by atoms with Crippen molar-refractivity contribution in [2.45, 2.75) is 296 Å². The molecule has 0 fully saturated rings. The van der Waals surface area contributed by atoms with Gasteiger partial charge in [0.1, 0.15) is 13.2 Å². The fourth-order valence-electron chi connectivity index (χ4n) is 8.72. The molecule has 1 amide bonds. The van der Waals surface area contributed by atoms with Gasteiger partial charge < -0.3 is 19.8 Å². The van der Waals surface area contributed by atoms with E-state index >= 15 is 0 Å². The molecule has 0 radical (unpaired) electrons. The summed E-state index contributed by atoms with van der Waals surface area (Å²) >= 11 is 0. The molecule has 0 saturated carbocycles. The van der Waals surface area contributed by atoms with Gasteiger partial charge in [0.2, 0.25) is 5.91 Å². The molecule has 0 aromatic carbocycles. The van der Waals surface area contributed by atoms with Gasteiger partial charge in [0, 0.05) is 6.42 Å². The van der Waals surface area contributed by atoms with E-state index in [1.54, 1.807) is 6.08 Å². The van der Waals surface area contributed by atoms with Crippen molar-refractivity contribution in [2.24, 2.45) is 0 Å². The van der Waals surface area contributed by atoms with Crippen LogP contribution < -0.4 is 5.32 Å². The lowest BCUT2D eigenvalue weighted by Gasteiger charge is -2.25. The van der Waals surface area contributed by atoms with Gasteiger partial charge in [0.05, 0.1) is 39.9 Å². The highest BCUT2D eigenvalue weighted by Crippen LogP contribution is 2.43. The maximum absolute atomic E-state index is 13.0. The van der Waals surface area contributed by atoms with Crippen LogP contribution in [-0.4, -0.2) is 73.4 Å². The first kappa shape index (κ1) is 66.7. The molecule has 0 aliphatic carbocycles. The summed E-state index contributed by atoms with van der Waals surface area (Å²) in [4.78, 5) is 23.3. The third-order valence-corrected chi connectivity index (χ3v) is 14.3. The fourth-order valence-corrected chi connectivity index (χ4v) is 9.46. The molecule has 8 nitrogen and oxygen atoms in total. The lowest BCUT2D eigenvalue weighted by Crippen LogP contribution is -2.45. The van der Waals surface area contributed by atoms with Crippen molar-refractivity contribution in [3.05, 3.63) is 36.5 Å². The van der Waals surface area contributed by atoms with E-state index in [-0.39, 0.29) is 19.1 Å². The number of hydrogen-bond donors (Lipinski definition) is 3. The average Bonchev–Trinajstić information content (AvgIpc) is 3.30. The van der Waals surface area contributed by atoms with Crippen molar-refractivity contribution in [2.75, 3.05) is 40.9 Å². The van der Waals surface area contributed by atoms with E-state index in [0.29, 0.717) is 17.4 Å². The van der Waals surface area contributed by atoms with Crippen LogP contribution in [0.3, 0.4) is 0 Å². The number of aliphatic hydroxyl groups is 1. The van der Waals surface area contributed by atoms with Gasteiger partial charge >= 0.3 is 7.82 Å². The van der Waals surface area contributed by atoms with Gasteiger partial charge in [-0.1, -0.05) is 269 Å². The van der Waals surface area contributed by atoms with Gasteiger partial charge in [-0.25, -0.2) is 4.57 Å². The molecule has 402 valence electrons. The summed E-state index contributed by atoms with van der Waals surface area (Å²) in [5.74, 6) is -0.186. The third-order valence-electron chi connectivity index (χ3n) is 13.3. The number of unbranched alkanes of at least 4 members (excludes halogenated alkanes) is 37. The Balaban J connectivity index is 4.26. The highest BCUT2D eigenvalue weighted by molar-refractivity contribution is 7.47. The number of allylic oxidation sites excluding steroid dienone is 5. The highest BCUT2D eigenvalue weighted by atomic mass is 31.2. The number of nitrogens with one attached hydrogen (secondary N) is 1. The van der Waals surface area contributed by atoms with Crippen LogP contribution in [0, 0.1) is 0 Å². The number of phosphoric acid groups is 1. The van der Waals surface area contributed by atoms with E-state index in [1.807, 2.05) is 27.2 Å². The Hall–Kier alpha value is -1.28. The van der Waals surface area contributed by atoms with Crippen LogP contribution in [0.25, 0.3) is 0 Å². The molecule has 68 heavy (non-hydrogen) atoms. The molecule has 0 spiro atoms. The monoisotopic (exact) mass is 980 g/mol. The van der Waals surface area contributed by atoms with E-state index in [2.05, 4.69) is 43.5 Å². The van der Waals surface area contributed by atoms with E-state index < -0.39 is 20.0 Å². The minimum Gasteiger partial charge on any atom is -0.387 e. The number of rotatable bonds is 54. The van der Waals surface area contributed by atoms with E-state index in [4.69, 9.17) is 9.05 Å². The number of aliphatic hydroxyl groups excluding tert-OH is 1.